The van der Waals surface area contributed by atoms with E-state index in [0.717, 1.165) is 30.1 Å². The Morgan fingerprint density at radius 1 is 1.33 bits per heavy atom. The molecule has 0 amide bonds. The van der Waals surface area contributed by atoms with Crippen LogP contribution in [0, 0.1) is 12.7 Å². The average Bonchev–Trinajstić information content (AvgIpc) is 2.88. The van der Waals surface area contributed by atoms with E-state index in [9.17, 15) is 4.39 Å². The molecule has 0 aliphatic carbocycles. The molecule has 5 heteroatoms. The van der Waals surface area contributed by atoms with E-state index in [1.165, 1.54) is 17.0 Å². The highest BCUT2D eigenvalue weighted by atomic mass is 32.1. The zero-order valence-electron chi connectivity index (χ0n) is 12.4. The lowest BCUT2D eigenvalue weighted by Crippen LogP contribution is -2.26. The van der Waals surface area contributed by atoms with Crippen molar-refractivity contribution in [1.29, 1.82) is 0 Å². The minimum atomic E-state index is -0.196. The third kappa shape index (κ3) is 5.19. The number of nitrogens with one attached hydrogen (secondary N) is 1. The van der Waals surface area contributed by atoms with Crippen molar-refractivity contribution in [1.82, 2.24) is 10.3 Å². The molecule has 0 aliphatic rings. The monoisotopic (exact) mass is 308 g/mol. The van der Waals surface area contributed by atoms with Crippen LogP contribution in [0.4, 0.5) is 4.39 Å². The van der Waals surface area contributed by atoms with Gasteiger partial charge in [0.1, 0.15) is 5.82 Å². The highest BCUT2D eigenvalue weighted by molar-refractivity contribution is 7.11. The zero-order chi connectivity index (χ0) is 15.1. The summed E-state index contributed by atoms with van der Waals surface area (Å²) in [5.74, 6) is 0.112. The van der Waals surface area contributed by atoms with Crippen LogP contribution in [0.1, 0.15) is 21.4 Å². The molecular formula is C16H21FN2OS. The fourth-order valence-corrected chi connectivity index (χ4v) is 3.11. The molecule has 2 aromatic rings. The summed E-state index contributed by atoms with van der Waals surface area (Å²) >= 11 is 1.72. The summed E-state index contributed by atoms with van der Waals surface area (Å²) in [6, 6.07) is 6.78. The number of aryl methyl sites for hydroxylation is 1. The van der Waals surface area contributed by atoms with Crippen LogP contribution < -0.4 is 5.32 Å². The van der Waals surface area contributed by atoms with Crippen molar-refractivity contribution in [3.05, 3.63) is 51.7 Å². The van der Waals surface area contributed by atoms with E-state index in [2.05, 4.69) is 10.3 Å². The van der Waals surface area contributed by atoms with Crippen LogP contribution in [0.3, 0.4) is 0 Å². The normalized spacial score (nSPS) is 12.5. The Morgan fingerprint density at radius 2 is 2.10 bits per heavy atom. The van der Waals surface area contributed by atoms with E-state index in [1.54, 1.807) is 18.4 Å². The van der Waals surface area contributed by atoms with Gasteiger partial charge in [0, 0.05) is 37.2 Å². The van der Waals surface area contributed by atoms with E-state index in [0.29, 0.717) is 12.5 Å². The average molecular weight is 308 g/mol. The number of nitrogens with zero attached hydrogens (tertiary/aromatic N) is 1. The largest absolute Gasteiger partial charge is 0.383 e. The molecule has 1 unspecified atom stereocenters. The van der Waals surface area contributed by atoms with Crippen molar-refractivity contribution in [3.63, 3.8) is 0 Å². The van der Waals surface area contributed by atoms with Gasteiger partial charge in [0.2, 0.25) is 0 Å². The third-order valence-corrected chi connectivity index (χ3v) is 4.27. The zero-order valence-corrected chi connectivity index (χ0v) is 13.3. The van der Waals surface area contributed by atoms with Gasteiger partial charge in [-0.05, 0) is 31.0 Å². The van der Waals surface area contributed by atoms with Gasteiger partial charge < -0.3 is 10.1 Å². The molecule has 0 saturated carbocycles. The van der Waals surface area contributed by atoms with Crippen LogP contribution >= 0.6 is 11.3 Å². The Balaban J connectivity index is 2.04. The van der Waals surface area contributed by atoms with Crippen LogP contribution in [0.25, 0.3) is 0 Å². The van der Waals surface area contributed by atoms with Gasteiger partial charge in [0.15, 0.2) is 0 Å². The Bertz CT molecular complexity index is 541. The lowest BCUT2D eigenvalue weighted by atomic mass is 9.95. The lowest BCUT2D eigenvalue weighted by molar-refractivity contribution is 0.199. The molecule has 2 rings (SSSR count). The number of ether oxygens (including phenoxy) is 1. The van der Waals surface area contributed by atoms with Crippen LogP contribution in [-0.4, -0.2) is 31.8 Å². The molecule has 0 bridgehead atoms. The van der Waals surface area contributed by atoms with Crippen LogP contribution in [0.15, 0.2) is 30.5 Å². The summed E-state index contributed by atoms with van der Waals surface area (Å²) in [6.45, 7) is 4.36. The maximum atomic E-state index is 13.1. The van der Waals surface area contributed by atoms with E-state index in [4.69, 9.17) is 4.74 Å². The molecule has 1 atom stereocenters. The molecule has 0 saturated heterocycles. The van der Waals surface area contributed by atoms with Crippen molar-refractivity contribution >= 4 is 11.3 Å². The topological polar surface area (TPSA) is 34.1 Å². The van der Waals surface area contributed by atoms with E-state index >= 15 is 0 Å². The number of aromatic nitrogens is 1. The lowest BCUT2D eigenvalue weighted by Gasteiger charge is -2.17. The number of benzene rings is 1. The van der Waals surface area contributed by atoms with Gasteiger partial charge in [-0.2, -0.15) is 0 Å². The predicted molar refractivity (Wildman–Crippen MR) is 84.4 cm³/mol. The molecule has 0 aliphatic heterocycles. The Morgan fingerprint density at radius 3 is 2.71 bits per heavy atom. The van der Waals surface area contributed by atoms with Crippen molar-refractivity contribution in [2.45, 2.75) is 19.3 Å². The van der Waals surface area contributed by atoms with Gasteiger partial charge >= 0.3 is 0 Å². The Hall–Kier alpha value is -1.30. The summed E-state index contributed by atoms with van der Waals surface area (Å²) in [6.07, 6.45) is 2.85. The first-order valence-corrected chi connectivity index (χ1v) is 7.87. The molecule has 0 radical (unpaired) electrons. The standard InChI is InChI=1S/C16H21FN2OS/c1-12-19-11-16(21-12)9-14(10-18-7-8-20-2)13-3-5-15(17)6-4-13/h3-6,11,14,18H,7-10H2,1-2H3. The molecule has 114 valence electrons. The Labute approximate surface area is 129 Å². The number of rotatable bonds is 8. The minimum Gasteiger partial charge on any atom is -0.383 e. The van der Waals surface area contributed by atoms with Crippen LogP contribution in [0.2, 0.25) is 0 Å². The number of halogens is 1. The summed E-state index contributed by atoms with van der Waals surface area (Å²) in [5.41, 5.74) is 1.15. The quantitative estimate of drug-likeness (QED) is 0.761. The van der Waals surface area contributed by atoms with E-state index < -0.39 is 0 Å². The highest BCUT2D eigenvalue weighted by Crippen LogP contribution is 2.24. The van der Waals surface area contributed by atoms with Crippen molar-refractivity contribution < 1.29 is 9.13 Å². The number of hydrogen-bond donors (Lipinski definition) is 1. The second-order valence-corrected chi connectivity index (χ2v) is 6.31. The number of hydrogen-bond acceptors (Lipinski definition) is 4. The summed E-state index contributed by atoms with van der Waals surface area (Å²) in [4.78, 5) is 5.56. The van der Waals surface area contributed by atoms with Crippen molar-refractivity contribution in [2.24, 2.45) is 0 Å². The van der Waals surface area contributed by atoms with Crippen molar-refractivity contribution in [3.8, 4) is 0 Å². The van der Waals surface area contributed by atoms with Crippen LogP contribution in [0.5, 0.6) is 0 Å². The first kappa shape index (κ1) is 16.1. The fourth-order valence-electron chi connectivity index (χ4n) is 2.24. The fraction of sp³-hybridized carbons (Fsp3) is 0.438. The molecule has 0 fully saturated rings. The van der Waals surface area contributed by atoms with Crippen LogP contribution in [-0.2, 0) is 11.2 Å². The third-order valence-electron chi connectivity index (χ3n) is 3.33. The molecular weight excluding hydrogens is 287 g/mol. The van der Waals surface area contributed by atoms with Crippen molar-refractivity contribution in [2.75, 3.05) is 26.8 Å². The first-order valence-electron chi connectivity index (χ1n) is 7.05. The molecule has 0 spiro atoms. The molecule has 1 N–H and O–H groups in total. The molecule has 1 aromatic heterocycles. The summed E-state index contributed by atoms with van der Waals surface area (Å²) in [7, 11) is 1.69. The Kier molecular flexibility index (Phi) is 6.29. The molecule has 1 aromatic carbocycles. The number of methoxy groups -OCH3 is 1. The van der Waals surface area contributed by atoms with Gasteiger partial charge in [-0.1, -0.05) is 12.1 Å². The van der Waals surface area contributed by atoms with Gasteiger partial charge in [0.25, 0.3) is 0 Å². The van der Waals surface area contributed by atoms with Gasteiger partial charge in [-0.15, -0.1) is 11.3 Å². The van der Waals surface area contributed by atoms with Gasteiger partial charge in [0.05, 0.1) is 11.6 Å². The highest BCUT2D eigenvalue weighted by Gasteiger charge is 2.14. The van der Waals surface area contributed by atoms with E-state index in [1.807, 2.05) is 25.3 Å². The SMILES string of the molecule is COCCNCC(Cc1cnc(C)s1)c1ccc(F)cc1. The van der Waals surface area contributed by atoms with Gasteiger partial charge in [-0.3, -0.25) is 0 Å². The second-order valence-electron chi connectivity index (χ2n) is 5.00. The van der Waals surface area contributed by atoms with E-state index in [-0.39, 0.29) is 5.82 Å². The molecule has 1 heterocycles. The minimum absolute atomic E-state index is 0.196. The predicted octanol–water partition coefficient (Wildman–Crippen LogP) is 3.15. The summed E-state index contributed by atoms with van der Waals surface area (Å²) < 4.78 is 18.1. The maximum absolute atomic E-state index is 13.1. The second kappa shape index (κ2) is 8.22. The number of thiazole rings is 1. The first-order chi connectivity index (χ1) is 10.2. The molecule has 21 heavy (non-hydrogen) atoms. The maximum Gasteiger partial charge on any atom is 0.123 e. The van der Waals surface area contributed by atoms with Gasteiger partial charge in [-0.25, -0.2) is 9.37 Å². The smallest absolute Gasteiger partial charge is 0.123 e. The molecule has 3 nitrogen and oxygen atoms in total. The summed E-state index contributed by atoms with van der Waals surface area (Å²) in [5, 5.41) is 4.47.